The Morgan fingerprint density at radius 1 is 1.08 bits per heavy atom. The largest absolute Gasteiger partial charge is 0.494 e. The number of carbonyl (C=O) groups is 2. The summed E-state index contributed by atoms with van der Waals surface area (Å²) in [7, 11) is 0. The van der Waals surface area contributed by atoms with E-state index in [4.69, 9.17) is 4.74 Å². The number of rotatable bonds is 7. The van der Waals surface area contributed by atoms with E-state index in [-0.39, 0.29) is 11.8 Å². The maximum atomic E-state index is 12.2. The van der Waals surface area contributed by atoms with Gasteiger partial charge in [0.05, 0.1) is 6.61 Å². The summed E-state index contributed by atoms with van der Waals surface area (Å²) in [5.74, 6) is 0.136. The van der Waals surface area contributed by atoms with Gasteiger partial charge in [0.15, 0.2) is 0 Å². The van der Waals surface area contributed by atoms with Crippen molar-refractivity contribution in [2.45, 2.75) is 19.9 Å². The first kappa shape index (κ1) is 18.3. The van der Waals surface area contributed by atoms with E-state index in [2.05, 4.69) is 10.6 Å². The highest BCUT2D eigenvalue weighted by Gasteiger charge is 2.14. The molecule has 2 aromatic carbocycles. The van der Waals surface area contributed by atoms with Crippen LogP contribution in [0, 0.1) is 0 Å². The molecule has 0 aliphatic rings. The predicted octanol–water partition coefficient (Wildman–Crippen LogP) is 3.24. The van der Waals surface area contributed by atoms with Crippen LogP contribution in [-0.4, -0.2) is 24.5 Å². The molecule has 0 aliphatic carbocycles. The first-order valence-electron chi connectivity index (χ1n) is 8.16. The summed E-state index contributed by atoms with van der Waals surface area (Å²) in [5, 5.41) is 5.40. The fourth-order valence-corrected chi connectivity index (χ4v) is 2.11. The van der Waals surface area contributed by atoms with E-state index in [0.29, 0.717) is 12.3 Å². The van der Waals surface area contributed by atoms with Crippen molar-refractivity contribution < 1.29 is 14.3 Å². The Bertz CT molecular complexity index is 724. The third-order valence-corrected chi connectivity index (χ3v) is 3.41. The lowest BCUT2D eigenvalue weighted by atomic mass is 10.2. The lowest BCUT2D eigenvalue weighted by Crippen LogP contribution is -2.40. The number of carbonyl (C=O) groups excluding carboxylic acids is 2. The van der Waals surface area contributed by atoms with Crippen LogP contribution in [0.5, 0.6) is 5.75 Å². The van der Waals surface area contributed by atoms with Gasteiger partial charge in [0, 0.05) is 11.8 Å². The normalized spacial score (nSPS) is 11.8. The van der Waals surface area contributed by atoms with Crippen molar-refractivity contribution in [2.24, 2.45) is 0 Å². The summed E-state index contributed by atoms with van der Waals surface area (Å²) >= 11 is 0. The molecule has 2 N–H and O–H groups in total. The number of nitrogens with one attached hydrogen (secondary N) is 2. The first-order valence-corrected chi connectivity index (χ1v) is 8.16. The zero-order valence-electron chi connectivity index (χ0n) is 14.4. The van der Waals surface area contributed by atoms with E-state index in [0.717, 1.165) is 11.3 Å². The lowest BCUT2D eigenvalue weighted by Gasteiger charge is -2.13. The van der Waals surface area contributed by atoms with E-state index < -0.39 is 6.04 Å². The third kappa shape index (κ3) is 6.14. The van der Waals surface area contributed by atoms with Crippen molar-refractivity contribution in [3.63, 3.8) is 0 Å². The van der Waals surface area contributed by atoms with Crippen molar-refractivity contribution in [1.82, 2.24) is 5.32 Å². The van der Waals surface area contributed by atoms with Gasteiger partial charge in [0.25, 0.3) is 0 Å². The Kier molecular flexibility index (Phi) is 6.77. The standard InChI is InChI=1S/C20H22N2O3/c1-3-25-18-12-10-17(11-13-18)22-20(24)15(2)21-19(23)14-9-16-7-5-4-6-8-16/h4-15H,3H2,1-2H3,(H,21,23)(H,22,24)/b14-9+. The molecule has 0 fully saturated rings. The molecular formula is C20H22N2O3. The highest BCUT2D eigenvalue weighted by atomic mass is 16.5. The van der Waals surface area contributed by atoms with E-state index in [1.807, 2.05) is 37.3 Å². The zero-order valence-corrected chi connectivity index (χ0v) is 14.4. The van der Waals surface area contributed by atoms with E-state index in [9.17, 15) is 9.59 Å². The monoisotopic (exact) mass is 338 g/mol. The number of hydrogen-bond donors (Lipinski definition) is 2. The quantitative estimate of drug-likeness (QED) is 0.762. The number of amides is 2. The summed E-state index contributed by atoms with van der Waals surface area (Å²) in [6.07, 6.45) is 3.11. The number of benzene rings is 2. The molecule has 2 aromatic rings. The Balaban J connectivity index is 1.84. The molecule has 0 saturated carbocycles. The summed E-state index contributed by atoms with van der Waals surface area (Å²) < 4.78 is 5.35. The summed E-state index contributed by atoms with van der Waals surface area (Å²) in [6.45, 7) is 4.13. The number of ether oxygens (including phenoxy) is 1. The number of anilines is 1. The van der Waals surface area contributed by atoms with Gasteiger partial charge in [-0.05, 0) is 49.8 Å². The summed E-state index contributed by atoms with van der Waals surface area (Å²) in [4.78, 5) is 24.1. The molecule has 0 bridgehead atoms. The Labute approximate surface area is 147 Å². The molecule has 1 atom stereocenters. The van der Waals surface area contributed by atoms with Gasteiger partial charge < -0.3 is 15.4 Å². The van der Waals surface area contributed by atoms with Crippen LogP contribution in [0.1, 0.15) is 19.4 Å². The number of hydrogen-bond acceptors (Lipinski definition) is 3. The highest BCUT2D eigenvalue weighted by Crippen LogP contribution is 2.15. The average Bonchev–Trinajstić information content (AvgIpc) is 2.62. The molecule has 0 spiro atoms. The first-order chi connectivity index (χ1) is 12.1. The van der Waals surface area contributed by atoms with Gasteiger partial charge in [-0.3, -0.25) is 9.59 Å². The Morgan fingerprint density at radius 2 is 1.76 bits per heavy atom. The highest BCUT2D eigenvalue weighted by molar-refractivity contribution is 5.99. The van der Waals surface area contributed by atoms with Crippen LogP contribution in [0.25, 0.3) is 6.08 Å². The zero-order chi connectivity index (χ0) is 18.1. The smallest absolute Gasteiger partial charge is 0.246 e. The van der Waals surface area contributed by atoms with Gasteiger partial charge in [0.1, 0.15) is 11.8 Å². The molecule has 25 heavy (non-hydrogen) atoms. The van der Waals surface area contributed by atoms with Crippen LogP contribution < -0.4 is 15.4 Å². The van der Waals surface area contributed by atoms with Gasteiger partial charge >= 0.3 is 0 Å². The lowest BCUT2D eigenvalue weighted by molar-refractivity contribution is -0.123. The van der Waals surface area contributed by atoms with Gasteiger partial charge in [-0.2, -0.15) is 0 Å². The van der Waals surface area contributed by atoms with Crippen LogP contribution in [-0.2, 0) is 9.59 Å². The van der Waals surface area contributed by atoms with Crippen LogP contribution in [0.4, 0.5) is 5.69 Å². The molecule has 130 valence electrons. The van der Waals surface area contributed by atoms with Crippen molar-refractivity contribution in [1.29, 1.82) is 0 Å². The summed E-state index contributed by atoms with van der Waals surface area (Å²) in [6, 6.07) is 15.9. The Hall–Kier alpha value is -3.08. The van der Waals surface area contributed by atoms with Crippen LogP contribution in [0.3, 0.4) is 0 Å². The second kappa shape index (κ2) is 9.27. The molecule has 2 amide bonds. The molecular weight excluding hydrogens is 316 g/mol. The SMILES string of the molecule is CCOc1ccc(NC(=O)C(C)NC(=O)/C=C/c2ccccc2)cc1. The maximum absolute atomic E-state index is 12.2. The molecule has 0 heterocycles. The topological polar surface area (TPSA) is 67.4 Å². The molecule has 2 rings (SSSR count). The van der Waals surface area contributed by atoms with E-state index in [1.54, 1.807) is 37.3 Å². The molecule has 1 unspecified atom stereocenters. The minimum atomic E-state index is -0.653. The van der Waals surface area contributed by atoms with Gasteiger partial charge in [0.2, 0.25) is 11.8 Å². The van der Waals surface area contributed by atoms with E-state index >= 15 is 0 Å². The minimum Gasteiger partial charge on any atom is -0.494 e. The molecule has 0 saturated heterocycles. The van der Waals surface area contributed by atoms with Gasteiger partial charge in [-0.1, -0.05) is 30.3 Å². The second-order valence-electron chi connectivity index (χ2n) is 5.42. The average molecular weight is 338 g/mol. The molecule has 5 heteroatoms. The van der Waals surface area contributed by atoms with Crippen LogP contribution >= 0.6 is 0 Å². The van der Waals surface area contributed by atoms with Crippen molar-refractivity contribution in [2.75, 3.05) is 11.9 Å². The maximum Gasteiger partial charge on any atom is 0.246 e. The summed E-state index contributed by atoms with van der Waals surface area (Å²) in [5.41, 5.74) is 1.57. The van der Waals surface area contributed by atoms with Crippen LogP contribution in [0.15, 0.2) is 60.7 Å². The Morgan fingerprint density at radius 3 is 2.40 bits per heavy atom. The minimum absolute atomic E-state index is 0.286. The van der Waals surface area contributed by atoms with Gasteiger partial charge in [-0.25, -0.2) is 0 Å². The van der Waals surface area contributed by atoms with Crippen molar-refractivity contribution in [3.8, 4) is 5.75 Å². The molecule has 0 aliphatic heterocycles. The molecule has 5 nitrogen and oxygen atoms in total. The second-order valence-corrected chi connectivity index (χ2v) is 5.42. The van der Waals surface area contributed by atoms with Crippen molar-refractivity contribution in [3.05, 3.63) is 66.2 Å². The van der Waals surface area contributed by atoms with Gasteiger partial charge in [-0.15, -0.1) is 0 Å². The molecule has 0 radical (unpaired) electrons. The van der Waals surface area contributed by atoms with E-state index in [1.165, 1.54) is 6.08 Å². The van der Waals surface area contributed by atoms with Crippen molar-refractivity contribution >= 4 is 23.6 Å². The predicted molar refractivity (Wildman–Crippen MR) is 99.3 cm³/mol. The fraction of sp³-hybridized carbons (Fsp3) is 0.200. The molecule has 0 aromatic heterocycles. The van der Waals surface area contributed by atoms with Crippen LogP contribution in [0.2, 0.25) is 0 Å². The fourth-order valence-electron chi connectivity index (χ4n) is 2.11. The third-order valence-electron chi connectivity index (χ3n) is 3.41.